The molecular weight excluding hydrogens is 248 g/mol. The van der Waals surface area contributed by atoms with Crippen LogP contribution in [-0.4, -0.2) is 29.2 Å². The minimum absolute atomic E-state index is 0.552. The van der Waals surface area contributed by atoms with Gasteiger partial charge in [-0.05, 0) is 44.0 Å². The first kappa shape index (κ1) is 15.0. The van der Waals surface area contributed by atoms with Gasteiger partial charge in [-0.3, -0.25) is 0 Å². The van der Waals surface area contributed by atoms with Gasteiger partial charge in [-0.15, -0.1) is 0 Å². The monoisotopic (exact) mass is 274 g/mol. The van der Waals surface area contributed by atoms with Crippen molar-refractivity contribution in [1.29, 1.82) is 0 Å². The summed E-state index contributed by atoms with van der Waals surface area (Å²) in [5, 5.41) is 3.52. The highest BCUT2D eigenvalue weighted by Gasteiger charge is 2.11. The fraction of sp³-hybridized carbons (Fsp3) is 0.562. The van der Waals surface area contributed by atoms with Crippen LogP contribution in [0.1, 0.15) is 19.7 Å². The summed E-state index contributed by atoms with van der Waals surface area (Å²) >= 11 is 0. The van der Waals surface area contributed by atoms with Crippen LogP contribution in [0.4, 0.5) is 0 Å². The molecule has 2 aromatic rings. The molecule has 0 spiro atoms. The van der Waals surface area contributed by atoms with Crippen LogP contribution in [0.15, 0.2) is 24.3 Å². The SMILES string of the molecule is Cc1nc2ccccc2n1CCNCC(CN)C(C)C. The summed E-state index contributed by atoms with van der Waals surface area (Å²) in [5.74, 6) is 2.26. The second-order valence-corrected chi connectivity index (χ2v) is 5.74. The maximum Gasteiger partial charge on any atom is 0.106 e. The predicted molar refractivity (Wildman–Crippen MR) is 84.7 cm³/mol. The molecule has 1 heterocycles. The molecule has 0 amide bonds. The summed E-state index contributed by atoms with van der Waals surface area (Å²) in [6, 6.07) is 8.30. The Bertz CT molecular complexity index is 544. The van der Waals surface area contributed by atoms with Crippen LogP contribution in [-0.2, 0) is 6.54 Å². The lowest BCUT2D eigenvalue weighted by atomic mass is 9.96. The molecule has 110 valence electrons. The normalized spacial score (nSPS) is 13.2. The minimum atomic E-state index is 0.552. The molecule has 0 saturated heterocycles. The van der Waals surface area contributed by atoms with Crippen LogP contribution in [0.3, 0.4) is 0 Å². The molecule has 0 aliphatic carbocycles. The van der Waals surface area contributed by atoms with E-state index in [9.17, 15) is 0 Å². The van der Waals surface area contributed by atoms with E-state index in [1.807, 2.05) is 6.07 Å². The van der Waals surface area contributed by atoms with Gasteiger partial charge in [0, 0.05) is 13.1 Å². The van der Waals surface area contributed by atoms with E-state index in [0.29, 0.717) is 11.8 Å². The van der Waals surface area contributed by atoms with Gasteiger partial charge in [-0.1, -0.05) is 26.0 Å². The van der Waals surface area contributed by atoms with Crippen molar-refractivity contribution in [3.8, 4) is 0 Å². The van der Waals surface area contributed by atoms with Crippen molar-refractivity contribution >= 4 is 11.0 Å². The zero-order valence-corrected chi connectivity index (χ0v) is 12.8. The predicted octanol–water partition coefficient (Wildman–Crippen LogP) is 2.17. The number of nitrogens with zero attached hydrogens (tertiary/aromatic N) is 2. The van der Waals surface area contributed by atoms with Crippen molar-refractivity contribution in [2.45, 2.75) is 27.3 Å². The first-order chi connectivity index (χ1) is 9.63. The maximum atomic E-state index is 5.79. The van der Waals surface area contributed by atoms with E-state index in [1.165, 1.54) is 5.52 Å². The lowest BCUT2D eigenvalue weighted by Gasteiger charge is -2.19. The van der Waals surface area contributed by atoms with Crippen LogP contribution in [0.25, 0.3) is 11.0 Å². The summed E-state index contributed by atoms with van der Waals surface area (Å²) < 4.78 is 2.27. The third-order valence-electron chi connectivity index (χ3n) is 4.01. The van der Waals surface area contributed by atoms with E-state index >= 15 is 0 Å². The van der Waals surface area contributed by atoms with Gasteiger partial charge >= 0.3 is 0 Å². The van der Waals surface area contributed by atoms with Gasteiger partial charge in [-0.2, -0.15) is 0 Å². The number of nitrogens with one attached hydrogen (secondary N) is 1. The highest BCUT2D eigenvalue weighted by atomic mass is 15.1. The quantitative estimate of drug-likeness (QED) is 0.761. The molecule has 1 aromatic heterocycles. The van der Waals surface area contributed by atoms with Gasteiger partial charge in [0.15, 0.2) is 0 Å². The van der Waals surface area contributed by atoms with E-state index < -0.39 is 0 Å². The topological polar surface area (TPSA) is 55.9 Å². The maximum absolute atomic E-state index is 5.79. The van der Waals surface area contributed by atoms with Crippen LogP contribution in [0.5, 0.6) is 0 Å². The van der Waals surface area contributed by atoms with E-state index in [2.05, 4.69) is 53.8 Å². The summed E-state index contributed by atoms with van der Waals surface area (Å²) in [7, 11) is 0. The first-order valence-corrected chi connectivity index (χ1v) is 7.46. The number of benzene rings is 1. The molecule has 0 aliphatic heterocycles. The number of hydrogen-bond acceptors (Lipinski definition) is 3. The van der Waals surface area contributed by atoms with E-state index in [0.717, 1.165) is 37.5 Å². The smallest absolute Gasteiger partial charge is 0.106 e. The Morgan fingerprint density at radius 3 is 2.75 bits per heavy atom. The van der Waals surface area contributed by atoms with Gasteiger partial charge in [0.05, 0.1) is 11.0 Å². The van der Waals surface area contributed by atoms with E-state index in [4.69, 9.17) is 5.73 Å². The molecule has 2 rings (SSSR count). The molecule has 1 atom stereocenters. The van der Waals surface area contributed by atoms with Crippen LogP contribution in [0, 0.1) is 18.8 Å². The fourth-order valence-corrected chi connectivity index (χ4v) is 2.55. The summed E-state index contributed by atoms with van der Waals surface area (Å²) in [6.45, 7) is 10.2. The van der Waals surface area contributed by atoms with Gasteiger partial charge < -0.3 is 15.6 Å². The third-order valence-corrected chi connectivity index (χ3v) is 4.01. The minimum Gasteiger partial charge on any atom is -0.330 e. The number of imidazole rings is 1. The zero-order valence-electron chi connectivity index (χ0n) is 12.8. The molecule has 0 aliphatic rings. The van der Waals surface area contributed by atoms with Crippen molar-refractivity contribution < 1.29 is 0 Å². The number of fused-ring (bicyclic) bond motifs is 1. The van der Waals surface area contributed by atoms with Gasteiger partial charge in [-0.25, -0.2) is 4.98 Å². The second-order valence-electron chi connectivity index (χ2n) is 5.74. The summed E-state index contributed by atoms with van der Waals surface area (Å²) in [5.41, 5.74) is 8.08. The van der Waals surface area contributed by atoms with Crippen LogP contribution < -0.4 is 11.1 Å². The van der Waals surface area contributed by atoms with Crippen LogP contribution >= 0.6 is 0 Å². The summed E-state index contributed by atoms with van der Waals surface area (Å²) in [6.07, 6.45) is 0. The van der Waals surface area contributed by atoms with Crippen molar-refractivity contribution in [2.75, 3.05) is 19.6 Å². The fourth-order valence-electron chi connectivity index (χ4n) is 2.55. The number of para-hydroxylation sites is 2. The average molecular weight is 274 g/mol. The molecule has 20 heavy (non-hydrogen) atoms. The van der Waals surface area contributed by atoms with Crippen molar-refractivity contribution in [3.05, 3.63) is 30.1 Å². The average Bonchev–Trinajstić information content (AvgIpc) is 2.74. The Hall–Kier alpha value is -1.39. The Kier molecular flexibility index (Phi) is 5.15. The molecule has 4 heteroatoms. The molecule has 0 bridgehead atoms. The second kappa shape index (κ2) is 6.86. The lowest BCUT2D eigenvalue weighted by Crippen LogP contribution is -2.33. The van der Waals surface area contributed by atoms with Gasteiger partial charge in [0.1, 0.15) is 5.82 Å². The molecular formula is C16H26N4. The van der Waals surface area contributed by atoms with Gasteiger partial charge in [0.25, 0.3) is 0 Å². The number of rotatable bonds is 7. The molecule has 4 nitrogen and oxygen atoms in total. The molecule has 0 saturated carbocycles. The Balaban J connectivity index is 1.91. The third kappa shape index (κ3) is 3.38. The highest BCUT2D eigenvalue weighted by Crippen LogP contribution is 2.14. The molecule has 1 aromatic carbocycles. The van der Waals surface area contributed by atoms with Crippen molar-refractivity contribution in [2.24, 2.45) is 17.6 Å². The molecule has 1 unspecified atom stereocenters. The summed E-state index contributed by atoms with van der Waals surface area (Å²) in [4.78, 5) is 4.59. The first-order valence-electron chi connectivity index (χ1n) is 7.46. The lowest BCUT2D eigenvalue weighted by molar-refractivity contribution is 0.368. The number of aryl methyl sites for hydroxylation is 1. The standard InChI is InChI=1S/C16H26N4/c1-12(2)14(10-17)11-18-8-9-20-13(3)19-15-6-4-5-7-16(15)20/h4-7,12,14,18H,8-11,17H2,1-3H3. The van der Waals surface area contributed by atoms with Crippen molar-refractivity contribution in [3.63, 3.8) is 0 Å². The van der Waals surface area contributed by atoms with Crippen LogP contribution in [0.2, 0.25) is 0 Å². The highest BCUT2D eigenvalue weighted by molar-refractivity contribution is 5.75. The molecule has 3 N–H and O–H groups in total. The Labute approximate surface area is 121 Å². The molecule has 0 fully saturated rings. The van der Waals surface area contributed by atoms with E-state index in [1.54, 1.807) is 0 Å². The van der Waals surface area contributed by atoms with E-state index in [-0.39, 0.29) is 0 Å². The Morgan fingerprint density at radius 2 is 2.05 bits per heavy atom. The zero-order chi connectivity index (χ0) is 14.5. The largest absolute Gasteiger partial charge is 0.330 e. The number of nitrogens with two attached hydrogens (primary N) is 1. The number of hydrogen-bond donors (Lipinski definition) is 2. The Morgan fingerprint density at radius 1 is 1.30 bits per heavy atom. The molecule has 0 radical (unpaired) electrons. The van der Waals surface area contributed by atoms with Crippen molar-refractivity contribution in [1.82, 2.24) is 14.9 Å². The number of aromatic nitrogens is 2. The van der Waals surface area contributed by atoms with Gasteiger partial charge in [0.2, 0.25) is 0 Å².